The quantitative estimate of drug-likeness (QED) is 0.524. The Morgan fingerprint density at radius 2 is 1.83 bits per heavy atom. The lowest BCUT2D eigenvalue weighted by Crippen LogP contribution is -2.51. The van der Waals surface area contributed by atoms with Gasteiger partial charge in [0.05, 0.1) is 7.11 Å². The maximum atomic E-state index is 12.7. The molecule has 0 unspecified atom stereocenters. The van der Waals surface area contributed by atoms with Gasteiger partial charge in [0.2, 0.25) is 5.91 Å². The fourth-order valence-corrected chi connectivity index (χ4v) is 3.28. The SMILES string of the molecule is COC(=O)[C@H](Cc1c[nH]c2ccccc12)NC(=O)[C@H](C)NC(=O)c1cccc(C)c1. The Labute approximate surface area is 174 Å². The molecular weight excluding hydrogens is 382 g/mol. The van der Waals surface area contributed by atoms with Gasteiger partial charge in [-0.15, -0.1) is 0 Å². The van der Waals surface area contributed by atoms with Crippen LogP contribution in [0.1, 0.15) is 28.4 Å². The van der Waals surface area contributed by atoms with Gasteiger partial charge in [-0.2, -0.15) is 0 Å². The number of aryl methyl sites for hydroxylation is 1. The molecule has 7 heteroatoms. The van der Waals surface area contributed by atoms with Crippen LogP contribution in [-0.4, -0.2) is 42.0 Å². The maximum Gasteiger partial charge on any atom is 0.328 e. The van der Waals surface area contributed by atoms with Gasteiger partial charge in [0.1, 0.15) is 12.1 Å². The molecule has 0 saturated heterocycles. The van der Waals surface area contributed by atoms with E-state index in [-0.39, 0.29) is 12.3 Å². The molecule has 3 rings (SSSR count). The summed E-state index contributed by atoms with van der Waals surface area (Å²) in [6.07, 6.45) is 2.08. The topological polar surface area (TPSA) is 100 Å². The van der Waals surface area contributed by atoms with Crippen LogP contribution in [0.3, 0.4) is 0 Å². The fraction of sp³-hybridized carbons (Fsp3) is 0.261. The molecular formula is C23H25N3O4. The Hall–Kier alpha value is -3.61. The number of methoxy groups -OCH3 is 1. The summed E-state index contributed by atoms with van der Waals surface area (Å²) in [5, 5.41) is 6.33. The highest BCUT2D eigenvalue weighted by Crippen LogP contribution is 2.19. The molecule has 3 N–H and O–H groups in total. The van der Waals surface area contributed by atoms with Crippen molar-refractivity contribution in [3.05, 3.63) is 71.4 Å². The number of hydrogen-bond donors (Lipinski definition) is 3. The Morgan fingerprint density at radius 1 is 1.07 bits per heavy atom. The number of para-hydroxylation sites is 1. The average Bonchev–Trinajstić information content (AvgIpc) is 3.15. The molecule has 0 aliphatic rings. The van der Waals surface area contributed by atoms with E-state index in [0.717, 1.165) is 22.0 Å². The van der Waals surface area contributed by atoms with Gasteiger partial charge in [0, 0.05) is 29.1 Å². The van der Waals surface area contributed by atoms with Gasteiger partial charge in [-0.25, -0.2) is 4.79 Å². The van der Waals surface area contributed by atoms with Crippen LogP contribution in [0.4, 0.5) is 0 Å². The number of aromatic nitrogens is 1. The molecule has 0 saturated carbocycles. The van der Waals surface area contributed by atoms with Crippen molar-refractivity contribution in [3.8, 4) is 0 Å². The van der Waals surface area contributed by atoms with Gasteiger partial charge in [0.15, 0.2) is 0 Å². The van der Waals surface area contributed by atoms with Crippen molar-refractivity contribution in [3.63, 3.8) is 0 Å². The zero-order valence-corrected chi connectivity index (χ0v) is 17.2. The lowest BCUT2D eigenvalue weighted by Gasteiger charge is -2.20. The number of benzene rings is 2. The first-order chi connectivity index (χ1) is 14.4. The number of H-pyrrole nitrogens is 1. The second-order valence-electron chi connectivity index (χ2n) is 7.21. The maximum absolute atomic E-state index is 12.7. The highest BCUT2D eigenvalue weighted by atomic mass is 16.5. The number of fused-ring (bicyclic) bond motifs is 1. The number of amides is 2. The van der Waals surface area contributed by atoms with Crippen LogP contribution < -0.4 is 10.6 Å². The number of rotatable bonds is 7. The van der Waals surface area contributed by atoms with Gasteiger partial charge < -0.3 is 20.4 Å². The van der Waals surface area contributed by atoms with Crippen LogP contribution >= 0.6 is 0 Å². The number of esters is 1. The number of nitrogens with one attached hydrogen (secondary N) is 3. The van der Waals surface area contributed by atoms with E-state index in [0.29, 0.717) is 5.56 Å². The number of carbonyl (C=O) groups excluding carboxylic acids is 3. The molecule has 30 heavy (non-hydrogen) atoms. The van der Waals surface area contributed by atoms with E-state index in [1.165, 1.54) is 7.11 Å². The first-order valence-corrected chi connectivity index (χ1v) is 9.69. The molecule has 7 nitrogen and oxygen atoms in total. The summed E-state index contributed by atoms with van der Waals surface area (Å²) in [5.74, 6) is -1.37. The van der Waals surface area contributed by atoms with Crippen molar-refractivity contribution in [2.45, 2.75) is 32.4 Å². The molecule has 1 aromatic heterocycles. The normalized spacial score (nSPS) is 12.8. The summed E-state index contributed by atoms with van der Waals surface area (Å²) >= 11 is 0. The van der Waals surface area contributed by atoms with E-state index in [2.05, 4.69) is 15.6 Å². The Bertz CT molecular complexity index is 1070. The lowest BCUT2D eigenvalue weighted by molar-refractivity contribution is -0.145. The third kappa shape index (κ3) is 4.86. The van der Waals surface area contributed by atoms with Crippen molar-refractivity contribution in [1.82, 2.24) is 15.6 Å². The zero-order valence-electron chi connectivity index (χ0n) is 17.2. The minimum absolute atomic E-state index is 0.265. The average molecular weight is 407 g/mol. The summed E-state index contributed by atoms with van der Waals surface area (Å²) in [7, 11) is 1.28. The first-order valence-electron chi connectivity index (χ1n) is 9.69. The van der Waals surface area contributed by atoms with Crippen molar-refractivity contribution in [2.75, 3.05) is 7.11 Å². The van der Waals surface area contributed by atoms with E-state index in [9.17, 15) is 14.4 Å². The second-order valence-corrected chi connectivity index (χ2v) is 7.21. The monoisotopic (exact) mass is 407 g/mol. The molecule has 0 spiro atoms. The Balaban J connectivity index is 1.69. The predicted octanol–water partition coefficient (Wildman–Crippen LogP) is 2.50. The van der Waals surface area contributed by atoms with Crippen molar-refractivity contribution in [1.29, 1.82) is 0 Å². The molecule has 0 fully saturated rings. The summed E-state index contributed by atoms with van der Waals surface area (Å²) < 4.78 is 4.87. The molecule has 2 amide bonds. The Kier molecular flexibility index (Phi) is 6.51. The number of hydrogen-bond acceptors (Lipinski definition) is 4. The molecule has 0 aliphatic heterocycles. The van der Waals surface area contributed by atoms with Crippen LogP contribution in [-0.2, 0) is 20.7 Å². The zero-order chi connectivity index (χ0) is 21.7. The smallest absolute Gasteiger partial charge is 0.328 e. The molecule has 2 aromatic carbocycles. The number of aromatic amines is 1. The third-order valence-electron chi connectivity index (χ3n) is 4.92. The van der Waals surface area contributed by atoms with E-state index < -0.39 is 24.0 Å². The van der Waals surface area contributed by atoms with Crippen molar-refractivity contribution >= 4 is 28.7 Å². The fourth-order valence-electron chi connectivity index (χ4n) is 3.28. The van der Waals surface area contributed by atoms with E-state index in [1.54, 1.807) is 25.1 Å². The van der Waals surface area contributed by atoms with Crippen LogP contribution in [0.15, 0.2) is 54.7 Å². The van der Waals surface area contributed by atoms with Crippen LogP contribution in [0.25, 0.3) is 10.9 Å². The molecule has 156 valence electrons. The third-order valence-corrected chi connectivity index (χ3v) is 4.92. The summed E-state index contributed by atoms with van der Waals surface area (Å²) in [5.41, 5.74) is 3.25. The number of ether oxygens (including phenoxy) is 1. The van der Waals surface area contributed by atoms with Crippen LogP contribution in [0.5, 0.6) is 0 Å². The van der Waals surface area contributed by atoms with E-state index >= 15 is 0 Å². The van der Waals surface area contributed by atoms with Crippen LogP contribution in [0.2, 0.25) is 0 Å². The van der Waals surface area contributed by atoms with E-state index in [4.69, 9.17) is 4.74 Å². The first kappa shape index (κ1) is 21.1. The van der Waals surface area contributed by atoms with Gasteiger partial charge >= 0.3 is 5.97 Å². The predicted molar refractivity (Wildman–Crippen MR) is 114 cm³/mol. The lowest BCUT2D eigenvalue weighted by atomic mass is 10.0. The van der Waals surface area contributed by atoms with Crippen molar-refractivity contribution < 1.29 is 19.1 Å². The van der Waals surface area contributed by atoms with Gasteiger partial charge in [-0.3, -0.25) is 9.59 Å². The second kappa shape index (κ2) is 9.26. The van der Waals surface area contributed by atoms with Gasteiger partial charge in [-0.1, -0.05) is 35.9 Å². The van der Waals surface area contributed by atoms with Crippen LogP contribution in [0, 0.1) is 6.92 Å². The minimum Gasteiger partial charge on any atom is -0.467 e. The molecule has 3 aromatic rings. The molecule has 0 radical (unpaired) electrons. The summed E-state index contributed by atoms with van der Waals surface area (Å²) in [6.45, 7) is 3.46. The van der Waals surface area contributed by atoms with Gasteiger partial charge in [-0.05, 0) is 37.6 Å². The van der Waals surface area contributed by atoms with Crippen molar-refractivity contribution in [2.24, 2.45) is 0 Å². The minimum atomic E-state index is -0.875. The highest BCUT2D eigenvalue weighted by molar-refractivity contribution is 5.98. The van der Waals surface area contributed by atoms with Gasteiger partial charge in [0.25, 0.3) is 5.91 Å². The van der Waals surface area contributed by atoms with E-state index in [1.807, 2.05) is 43.5 Å². The summed E-state index contributed by atoms with van der Waals surface area (Å²) in [6, 6.07) is 13.1. The number of carbonyl (C=O) groups is 3. The Morgan fingerprint density at radius 3 is 2.57 bits per heavy atom. The molecule has 0 aliphatic carbocycles. The highest BCUT2D eigenvalue weighted by Gasteiger charge is 2.26. The largest absolute Gasteiger partial charge is 0.467 e. The molecule has 0 bridgehead atoms. The standard InChI is InChI=1S/C23H25N3O4/c1-14-7-6-8-16(11-14)22(28)25-15(2)21(27)26-20(23(29)30-3)12-17-13-24-19-10-5-4-9-18(17)19/h4-11,13,15,20,24H,12H2,1-3H3,(H,25,28)(H,26,27)/t15-,20-/m0/s1. The summed E-state index contributed by atoms with van der Waals surface area (Å²) in [4.78, 5) is 40.5. The molecule has 1 heterocycles. The molecule has 2 atom stereocenters.